The molecular weight excluding hydrogens is 250 g/mol. The Morgan fingerprint density at radius 3 is 2.50 bits per heavy atom. The van der Waals surface area contributed by atoms with E-state index >= 15 is 0 Å². The zero-order valence-corrected chi connectivity index (χ0v) is 11.7. The second-order valence-corrected chi connectivity index (χ2v) is 5.95. The lowest BCUT2D eigenvalue weighted by Crippen LogP contribution is -2.42. The van der Waals surface area contributed by atoms with Crippen molar-refractivity contribution in [1.82, 2.24) is 9.29 Å². The Morgan fingerprint density at radius 1 is 1.39 bits per heavy atom. The summed E-state index contributed by atoms with van der Waals surface area (Å²) in [5, 5.41) is 0. The predicted octanol–water partition coefficient (Wildman–Crippen LogP) is 1.22. The second kappa shape index (κ2) is 6.82. The Balaban J connectivity index is 3.12. The summed E-state index contributed by atoms with van der Waals surface area (Å²) in [5.74, 6) is 0. The molecule has 6 heteroatoms. The number of sulfonamides is 1. The fourth-order valence-corrected chi connectivity index (χ4v) is 3.71. The molecule has 1 heterocycles. The molecule has 0 bridgehead atoms. The van der Waals surface area contributed by atoms with Gasteiger partial charge in [-0.3, -0.25) is 4.98 Å². The zero-order valence-electron chi connectivity index (χ0n) is 10.9. The molecule has 102 valence electrons. The fraction of sp³-hybridized carbons (Fsp3) is 0.583. The van der Waals surface area contributed by atoms with Gasteiger partial charge in [0.05, 0.1) is 0 Å². The largest absolute Gasteiger partial charge is 0.329 e. The smallest absolute Gasteiger partial charge is 0.244 e. The second-order valence-electron chi connectivity index (χ2n) is 4.06. The summed E-state index contributed by atoms with van der Waals surface area (Å²) in [6.45, 7) is 4.62. The first-order valence-electron chi connectivity index (χ1n) is 6.19. The van der Waals surface area contributed by atoms with E-state index in [0.29, 0.717) is 13.1 Å². The SMILES string of the molecule is CCC(CC)N(CCN)S(=O)(=O)c1cccnc1. The number of nitrogens with zero attached hydrogens (tertiary/aromatic N) is 2. The minimum absolute atomic E-state index is 0.0150. The molecule has 1 aromatic rings. The summed E-state index contributed by atoms with van der Waals surface area (Å²) >= 11 is 0. The van der Waals surface area contributed by atoms with Crippen LogP contribution in [0, 0.1) is 0 Å². The third kappa shape index (κ3) is 3.28. The average Bonchev–Trinajstić information content (AvgIpc) is 2.40. The minimum atomic E-state index is -3.50. The maximum Gasteiger partial charge on any atom is 0.244 e. The van der Waals surface area contributed by atoms with Crippen molar-refractivity contribution in [3.63, 3.8) is 0 Å². The van der Waals surface area contributed by atoms with Gasteiger partial charge in [-0.05, 0) is 25.0 Å². The Hall–Kier alpha value is -0.980. The summed E-state index contributed by atoms with van der Waals surface area (Å²) < 4.78 is 26.5. The van der Waals surface area contributed by atoms with E-state index in [2.05, 4.69) is 4.98 Å². The molecule has 0 aliphatic rings. The van der Waals surface area contributed by atoms with Crippen LogP contribution in [0.15, 0.2) is 29.4 Å². The molecule has 0 fully saturated rings. The first-order chi connectivity index (χ1) is 8.57. The summed E-state index contributed by atoms with van der Waals surface area (Å²) in [6.07, 6.45) is 4.48. The van der Waals surface area contributed by atoms with Crippen LogP contribution in [-0.4, -0.2) is 36.8 Å². The molecule has 0 aromatic carbocycles. The van der Waals surface area contributed by atoms with Gasteiger partial charge in [0.1, 0.15) is 4.90 Å². The van der Waals surface area contributed by atoms with E-state index in [9.17, 15) is 8.42 Å². The molecule has 1 aromatic heterocycles. The topological polar surface area (TPSA) is 76.3 Å². The van der Waals surface area contributed by atoms with Gasteiger partial charge in [0.25, 0.3) is 0 Å². The highest BCUT2D eigenvalue weighted by molar-refractivity contribution is 7.89. The Labute approximate surface area is 109 Å². The Bertz CT molecular complexity index is 444. The number of pyridine rings is 1. The van der Waals surface area contributed by atoms with Crippen molar-refractivity contribution >= 4 is 10.0 Å². The predicted molar refractivity (Wildman–Crippen MR) is 71.6 cm³/mol. The van der Waals surface area contributed by atoms with E-state index in [1.165, 1.54) is 10.5 Å². The van der Waals surface area contributed by atoms with Gasteiger partial charge in [0.15, 0.2) is 0 Å². The van der Waals surface area contributed by atoms with E-state index < -0.39 is 10.0 Å². The molecule has 0 aliphatic heterocycles. The Kier molecular flexibility index (Phi) is 5.71. The van der Waals surface area contributed by atoms with Gasteiger partial charge in [-0.1, -0.05) is 13.8 Å². The van der Waals surface area contributed by atoms with Crippen molar-refractivity contribution in [2.45, 2.75) is 37.6 Å². The van der Waals surface area contributed by atoms with Crippen molar-refractivity contribution in [2.75, 3.05) is 13.1 Å². The first kappa shape index (κ1) is 15.1. The molecule has 0 radical (unpaired) electrons. The van der Waals surface area contributed by atoms with Crippen molar-refractivity contribution in [2.24, 2.45) is 5.73 Å². The normalized spacial score (nSPS) is 12.3. The molecule has 0 saturated carbocycles. The third-order valence-corrected chi connectivity index (χ3v) is 4.88. The van der Waals surface area contributed by atoms with Crippen LogP contribution in [0.2, 0.25) is 0 Å². The number of nitrogens with two attached hydrogens (primary N) is 1. The van der Waals surface area contributed by atoms with Crippen LogP contribution in [0.3, 0.4) is 0 Å². The minimum Gasteiger partial charge on any atom is -0.329 e. The van der Waals surface area contributed by atoms with Crippen LogP contribution in [0.1, 0.15) is 26.7 Å². The lowest BCUT2D eigenvalue weighted by Gasteiger charge is -2.29. The molecule has 0 atom stereocenters. The monoisotopic (exact) mass is 271 g/mol. The van der Waals surface area contributed by atoms with Crippen LogP contribution in [0.25, 0.3) is 0 Å². The lowest BCUT2D eigenvalue weighted by molar-refractivity contribution is 0.309. The van der Waals surface area contributed by atoms with Gasteiger partial charge in [-0.15, -0.1) is 0 Å². The van der Waals surface area contributed by atoms with Gasteiger partial charge < -0.3 is 5.73 Å². The van der Waals surface area contributed by atoms with Crippen LogP contribution < -0.4 is 5.73 Å². The first-order valence-corrected chi connectivity index (χ1v) is 7.63. The Morgan fingerprint density at radius 2 is 2.06 bits per heavy atom. The van der Waals surface area contributed by atoms with E-state index in [4.69, 9.17) is 5.73 Å². The quantitative estimate of drug-likeness (QED) is 0.809. The molecular formula is C12H21N3O2S. The number of aromatic nitrogens is 1. The van der Waals surface area contributed by atoms with Crippen LogP contribution in [0.4, 0.5) is 0 Å². The van der Waals surface area contributed by atoms with Gasteiger partial charge in [0, 0.05) is 31.5 Å². The molecule has 0 aliphatic carbocycles. The third-order valence-electron chi connectivity index (χ3n) is 2.94. The van der Waals surface area contributed by atoms with Crippen LogP contribution in [0.5, 0.6) is 0 Å². The summed E-state index contributed by atoms with van der Waals surface area (Å²) in [7, 11) is -3.50. The average molecular weight is 271 g/mol. The number of rotatable bonds is 7. The van der Waals surface area contributed by atoms with Gasteiger partial charge in [-0.2, -0.15) is 4.31 Å². The van der Waals surface area contributed by atoms with E-state index in [1.807, 2.05) is 13.8 Å². The summed E-state index contributed by atoms with van der Waals surface area (Å²) in [6, 6.07) is 3.17. The standard InChI is InChI=1S/C12H21N3O2S/c1-3-11(4-2)15(9-7-13)18(16,17)12-6-5-8-14-10-12/h5-6,8,10-11H,3-4,7,9,13H2,1-2H3. The molecule has 2 N–H and O–H groups in total. The number of hydrogen-bond acceptors (Lipinski definition) is 4. The maximum atomic E-state index is 12.5. The molecule has 5 nitrogen and oxygen atoms in total. The van der Waals surface area contributed by atoms with Crippen LogP contribution >= 0.6 is 0 Å². The molecule has 0 saturated heterocycles. The zero-order chi connectivity index (χ0) is 13.6. The van der Waals surface area contributed by atoms with Crippen molar-refractivity contribution in [1.29, 1.82) is 0 Å². The summed E-state index contributed by atoms with van der Waals surface area (Å²) in [4.78, 5) is 4.09. The van der Waals surface area contributed by atoms with E-state index in [0.717, 1.165) is 12.8 Å². The highest BCUT2D eigenvalue weighted by Crippen LogP contribution is 2.20. The van der Waals surface area contributed by atoms with E-state index in [1.54, 1.807) is 18.3 Å². The highest BCUT2D eigenvalue weighted by atomic mass is 32.2. The van der Waals surface area contributed by atoms with Crippen molar-refractivity contribution < 1.29 is 8.42 Å². The fourth-order valence-electron chi connectivity index (χ4n) is 1.96. The molecule has 0 spiro atoms. The van der Waals surface area contributed by atoms with Gasteiger partial charge >= 0.3 is 0 Å². The van der Waals surface area contributed by atoms with Crippen LogP contribution in [-0.2, 0) is 10.0 Å². The molecule has 0 amide bonds. The maximum absolute atomic E-state index is 12.5. The number of hydrogen-bond donors (Lipinski definition) is 1. The summed E-state index contributed by atoms with van der Waals surface area (Å²) in [5.41, 5.74) is 5.53. The lowest BCUT2D eigenvalue weighted by atomic mass is 10.2. The van der Waals surface area contributed by atoms with Crippen molar-refractivity contribution in [3.8, 4) is 0 Å². The molecule has 18 heavy (non-hydrogen) atoms. The molecule has 0 unspecified atom stereocenters. The van der Waals surface area contributed by atoms with Crippen molar-refractivity contribution in [3.05, 3.63) is 24.5 Å². The highest BCUT2D eigenvalue weighted by Gasteiger charge is 2.29. The van der Waals surface area contributed by atoms with Gasteiger partial charge in [0.2, 0.25) is 10.0 Å². The molecule has 1 rings (SSSR count). The van der Waals surface area contributed by atoms with E-state index in [-0.39, 0.29) is 10.9 Å². The van der Waals surface area contributed by atoms with Gasteiger partial charge in [-0.25, -0.2) is 8.42 Å².